The van der Waals surface area contributed by atoms with E-state index in [1.165, 1.54) is 0 Å². The van der Waals surface area contributed by atoms with Crippen LogP contribution >= 0.6 is 23.8 Å². The summed E-state index contributed by atoms with van der Waals surface area (Å²) < 4.78 is 2.49. The van der Waals surface area contributed by atoms with Crippen LogP contribution in [0.25, 0.3) is 0 Å². The number of H-pyrrole nitrogens is 1. The lowest BCUT2D eigenvalue weighted by Crippen LogP contribution is -1.99. The molecular formula is C6H9ClN2S. The van der Waals surface area contributed by atoms with Crippen LogP contribution in [0.1, 0.15) is 19.9 Å². The molecule has 0 atom stereocenters. The van der Waals surface area contributed by atoms with Crippen molar-refractivity contribution in [3.63, 3.8) is 0 Å². The van der Waals surface area contributed by atoms with Crippen molar-refractivity contribution in [1.82, 2.24) is 9.78 Å². The summed E-state index contributed by atoms with van der Waals surface area (Å²) in [6.07, 6.45) is 1.80. The summed E-state index contributed by atoms with van der Waals surface area (Å²) in [4.78, 5) is 0. The van der Waals surface area contributed by atoms with Crippen LogP contribution in [-0.4, -0.2) is 9.78 Å². The van der Waals surface area contributed by atoms with Crippen molar-refractivity contribution < 1.29 is 0 Å². The van der Waals surface area contributed by atoms with Crippen LogP contribution < -0.4 is 0 Å². The summed E-state index contributed by atoms with van der Waals surface area (Å²) in [5.74, 6) is 0. The van der Waals surface area contributed by atoms with E-state index in [1.54, 1.807) is 6.20 Å². The second-order valence-corrected chi connectivity index (χ2v) is 3.23. The Morgan fingerprint density at radius 1 is 1.70 bits per heavy atom. The van der Waals surface area contributed by atoms with Gasteiger partial charge >= 0.3 is 0 Å². The fraction of sp³-hybridized carbons (Fsp3) is 0.500. The molecule has 0 saturated heterocycles. The van der Waals surface area contributed by atoms with Crippen molar-refractivity contribution in [3.8, 4) is 0 Å². The Kier molecular flexibility index (Phi) is 2.16. The van der Waals surface area contributed by atoms with Crippen LogP contribution in [0.15, 0.2) is 6.20 Å². The van der Waals surface area contributed by atoms with Crippen molar-refractivity contribution in [1.29, 1.82) is 0 Å². The van der Waals surface area contributed by atoms with E-state index in [9.17, 15) is 0 Å². The predicted octanol–water partition coefficient (Wildman–Crippen LogP) is 2.78. The van der Waals surface area contributed by atoms with Crippen molar-refractivity contribution in [2.24, 2.45) is 0 Å². The molecule has 0 aliphatic heterocycles. The molecule has 0 bridgehead atoms. The van der Waals surface area contributed by atoms with Crippen LogP contribution in [0.4, 0.5) is 0 Å². The van der Waals surface area contributed by atoms with Gasteiger partial charge in [-0.05, 0) is 13.8 Å². The number of halogens is 1. The highest BCUT2D eigenvalue weighted by atomic mass is 35.5. The number of aromatic amines is 1. The standard InChI is InChI=1S/C6H9ClN2S/c1-4(2)9-3-5(7)6(10)8-9/h3-4H,1-2H3,(H,8,10). The maximum absolute atomic E-state index is 5.72. The molecule has 0 unspecified atom stereocenters. The van der Waals surface area contributed by atoms with Gasteiger partial charge in [-0.3, -0.25) is 9.78 Å². The molecular weight excluding hydrogens is 168 g/mol. The zero-order valence-corrected chi connectivity index (χ0v) is 7.46. The fourth-order valence-electron chi connectivity index (χ4n) is 0.662. The van der Waals surface area contributed by atoms with Crippen molar-refractivity contribution in [2.45, 2.75) is 19.9 Å². The zero-order chi connectivity index (χ0) is 7.72. The highest BCUT2D eigenvalue weighted by Gasteiger charge is 1.99. The maximum atomic E-state index is 5.72. The minimum atomic E-state index is 0.384. The Labute approximate surface area is 69.8 Å². The highest BCUT2D eigenvalue weighted by Crippen LogP contribution is 2.11. The van der Waals surface area contributed by atoms with Gasteiger partial charge in [-0.25, -0.2) is 0 Å². The van der Waals surface area contributed by atoms with Gasteiger partial charge in [0.1, 0.15) is 4.64 Å². The molecule has 0 saturated carbocycles. The second kappa shape index (κ2) is 2.76. The van der Waals surface area contributed by atoms with E-state index in [0.29, 0.717) is 15.7 Å². The first-order chi connectivity index (χ1) is 4.61. The first-order valence-corrected chi connectivity index (χ1v) is 3.86. The molecule has 1 aromatic heterocycles. The van der Waals surface area contributed by atoms with E-state index >= 15 is 0 Å². The normalized spacial score (nSPS) is 10.8. The van der Waals surface area contributed by atoms with Crippen LogP contribution in [0.3, 0.4) is 0 Å². The number of nitrogens with zero attached hydrogens (tertiary/aromatic N) is 1. The van der Waals surface area contributed by atoms with E-state index in [4.69, 9.17) is 23.8 Å². The molecule has 1 heterocycles. The van der Waals surface area contributed by atoms with Gasteiger partial charge < -0.3 is 0 Å². The van der Waals surface area contributed by atoms with Gasteiger partial charge in [0.2, 0.25) is 0 Å². The summed E-state index contributed by atoms with van der Waals surface area (Å²) in [6.45, 7) is 4.11. The van der Waals surface area contributed by atoms with Crippen molar-refractivity contribution in [3.05, 3.63) is 15.9 Å². The van der Waals surface area contributed by atoms with E-state index in [0.717, 1.165) is 0 Å². The van der Waals surface area contributed by atoms with Gasteiger partial charge in [0.05, 0.1) is 5.02 Å². The monoisotopic (exact) mass is 176 g/mol. The molecule has 0 fully saturated rings. The van der Waals surface area contributed by atoms with Crippen LogP contribution in [0, 0.1) is 4.64 Å². The Morgan fingerprint density at radius 3 is 2.50 bits per heavy atom. The van der Waals surface area contributed by atoms with Crippen LogP contribution in [0.5, 0.6) is 0 Å². The first-order valence-electron chi connectivity index (χ1n) is 3.08. The minimum Gasteiger partial charge on any atom is -0.290 e. The number of rotatable bonds is 1. The lowest BCUT2D eigenvalue weighted by atomic mass is 10.4. The third kappa shape index (κ3) is 1.41. The number of aromatic nitrogens is 2. The number of nitrogens with one attached hydrogen (secondary N) is 1. The lowest BCUT2D eigenvalue weighted by molar-refractivity contribution is 0.531. The number of hydrogen-bond donors (Lipinski definition) is 1. The van der Waals surface area contributed by atoms with E-state index < -0.39 is 0 Å². The molecule has 0 radical (unpaired) electrons. The Hall–Kier alpha value is -0.280. The molecule has 2 nitrogen and oxygen atoms in total. The summed E-state index contributed by atoms with van der Waals surface area (Å²) in [6, 6.07) is 0.384. The highest BCUT2D eigenvalue weighted by molar-refractivity contribution is 7.71. The molecule has 0 aliphatic carbocycles. The average molecular weight is 177 g/mol. The summed E-state index contributed by atoms with van der Waals surface area (Å²) in [7, 11) is 0. The van der Waals surface area contributed by atoms with Gasteiger partial charge in [-0.15, -0.1) is 0 Å². The third-order valence-electron chi connectivity index (χ3n) is 1.26. The number of hydrogen-bond acceptors (Lipinski definition) is 1. The van der Waals surface area contributed by atoms with Crippen molar-refractivity contribution >= 4 is 23.8 Å². The van der Waals surface area contributed by atoms with Gasteiger partial charge in [-0.1, -0.05) is 23.8 Å². The Morgan fingerprint density at radius 2 is 2.30 bits per heavy atom. The molecule has 56 valence electrons. The van der Waals surface area contributed by atoms with Gasteiger partial charge in [0.25, 0.3) is 0 Å². The van der Waals surface area contributed by atoms with Crippen LogP contribution in [0.2, 0.25) is 5.02 Å². The molecule has 0 spiro atoms. The fourth-order valence-corrected chi connectivity index (χ4v) is 0.967. The predicted molar refractivity (Wildman–Crippen MR) is 45.0 cm³/mol. The molecule has 1 rings (SSSR count). The first kappa shape index (κ1) is 7.82. The molecule has 0 aliphatic rings. The molecule has 1 N–H and O–H groups in total. The third-order valence-corrected chi connectivity index (χ3v) is 1.97. The minimum absolute atomic E-state index is 0.384. The SMILES string of the molecule is CC(C)n1cc(Cl)c(=S)[nH]1. The largest absolute Gasteiger partial charge is 0.290 e. The zero-order valence-electron chi connectivity index (χ0n) is 5.89. The van der Waals surface area contributed by atoms with E-state index in [-0.39, 0.29) is 0 Å². The van der Waals surface area contributed by atoms with Gasteiger partial charge in [0, 0.05) is 12.2 Å². The van der Waals surface area contributed by atoms with Gasteiger partial charge in [-0.2, -0.15) is 0 Å². The Bertz CT molecular complexity index is 274. The van der Waals surface area contributed by atoms with E-state index in [1.807, 2.05) is 4.68 Å². The summed E-state index contributed by atoms with van der Waals surface area (Å²) in [5.41, 5.74) is 0. The molecule has 10 heavy (non-hydrogen) atoms. The quantitative estimate of drug-likeness (QED) is 0.653. The second-order valence-electron chi connectivity index (χ2n) is 2.42. The molecule has 0 aromatic carbocycles. The van der Waals surface area contributed by atoms with Crippen LogP contribution in [-0.2, 0) is 0 Å². The summed E-state index contributed by atoms with van der Waals surface area (Å²) in [5, 5.41) is 3.56. The van der Waals surface area contributed by atoms with E-state index in [2.05, 4.69) is 18.9 Å². The molecule has 4 heteroatoms. The lowest BCUT2D eigenvalue weighted by Gasteiger charge is -2.03. The average Bonchev–Trinajstić information content (AvgIpc) is 2.13. The summed E-state index contributed by atoms with van der Waals surface area (Å²) >= 11 is 10.6. The molecule has 0 amide bonds. The topological polar surface area (TPSA) is 20.7 Å². The van der Waals surface area contributed by atoms with Crippen molar-refractivity contribution in [2.75, 3.05) is 0 Å². The maximum Gasteiger partial charge on any atom is 0.138 e. The Balaban J connectivity index is 3.10. The smallest absolute Gasteiger partial charge is 0.138 e. The molecule has 1 aromatic rings. The van der Waals surface area contributed by atoms with Gasteiger partial charge in [0.15, 0.2) is 0 Å².